The van der Waals surface area contributed by atoms with Crippen LogP contribution in [0.3, 0.4) is 0 Å². The van der Waals surface area contributed by atoms with Crippen LogP contribution in [-0.4, -0.2) is 40.4 Å². The van der Waals surface area contributed by atoms with Crippen LogP contribution < -0.4 is 19.3 Å². The van der Waals surface area contributed by atoms with Crippen LogP contribution in [0, 0.1) is 0 Å². The Kier molecular flexibility index (Phi) is 5.79. The number of hydrogen-bond acceptors (Lipinski definition) is 2. The van der Waals surface area contributed by atoms with Crippen LogP contribution in [-0.2, 0) is 13.1 Å². The van der Waals surface area contributed by atoms with E-state index in [1.165, 1.54) is 48.1 Å². The van der Waals surface area contributed by atoms with E-state index in [0.717, 1.165) is 24.6 Å². The van der Waals surface area contributed by atoms with Crippen LogP contribution in [0.25, 0.3) is 10.8 Å². The molecule has 2 N–H and O–H groups in total. The predicted octanol–water partition coefficient (Wildman–Crippen LogP) is 1.34. The van der Waals surface area contributed by atoms with Crippen LogP contribution in [0.2, 0.25) is 0 Å². The van der Waals surface area contributed by atoms with Crippen molar-refractivity contribution in [3.05, 3.63) is 71.8 Å². The second-order valence-electron chi connectivity index (χ2n) is 7.71. The summed E-state index contributed by atoms with van der Waals surface area (Å²) in [6.45, 7) is 6.94. The Bertz CT molecular complexity index is 905. The molecule has 1 aliphatic heterocycles. The fourth-order valence-corrected chi connectivity index (χ4v) is 4.28. The van der Waals surface area contributed by atoms with Gasteiger partial charge in [0.1, 0.15) is 50.8 Å². The first-order chi connectivity index (χ1) is 13.7. The molecule has 0 amide bonds. The van der Waals surface area contributed by atoms with Crippen LogP contribution in [0.15, 0.2) is 60.7 Å². The van der Waals surface area contributed by atoms with E-state index in [2.05, 4.69) is 54.6 Å². The Balaban J connectivity index is 1.37. The Hall–Kier alpha value is -2.56. The number of fused-ring (bicyclic) bond motifs is 1. The maximum Gasteiger partial charge on any atom is 0.127 e. The molecular formula is C24H30N2O2+2. The minimum atomic E-state index is 0.869. The monoisotopic (exact) mass is 378 g/mol. The molecule has 4 nitrogen and oxygen atoms in total. The summed E-state index contributed by atoms with van der Waals surface area (Å²) in [5, 5.41) is 2.74. The summed E-state index contributed by atoms with van der Waals surface area (Å²) < 4.78 is 10.8. The molecule has 1 aliphatic rings. The van der Waals surface area contributed by atoms with Gasteiger partial charge in [-0.05, 0) is 22.9 Å². The van der Waals surface area contributed by atoms with Gasteiger partial charge in [0.15, 0.2) is 0 Å². The minimum Gasteiger partial charge on any atom is -0.497 e. The fraction of sp³-hybridized carbons (Fsp3) is 0.333. The summed E-state index contributed by atoms with van der Waals surface area (Å²) in [5.74, 6) is 1.74. The normalized spacial score (nSPS) is 19.5. The topological polar surface area (TPSA) is 27.3 Å². The van der Waals surface area contributed by atoms with Gasteiger partial charge >= 0.3 is 0 Å². The van der Waals surface area contributed by atoms with Crippen molar-refractivity contribution in [2.45, 2.75) is 13.1 Å². The van der Waals surface area contributed by atoms with Crippen molar-refractivity contribution in [3.8, 4) is 11.5 Å². The molecule has 4 heteroatoms. The van der Waals surface area contributed by atoms with E-state index >= 15 is 0 Å². The van der Waals surface area contributed by atoms with Crippen molar-refractivity contribution in [2.75, 3.05) is 40.4 Å². The van der Waals surface area contributed by atoms with Crippen molar-refractivity contribution in [1.29, 1.82) is 0 Å². The van der Waals surface area contributed by atoms with E-state index in [9.17, 15) is 0 Å². The first-order valence-electron chi connectivity index (χ1n) is 10.1. The number of quaternary nitrogens is 2. The summed E-state index contributed by atoms with van der Waals surface area (Å²) in [6, 6.07) is 21.6. The molecule has 0 aromatic heterocycles. The molecule has 0 radical (unpaired) electrons. The molecular weight excluding hydrogens is 348 g/mol. The van der Waals surface area contributed by atoms with Gasteiger partial charge in [0.2, 0.25) is 0 Å². The second kappa shape index (κ2) is 8.63. The number of hydrogen-bond donors (Lipinski definition) is 2. The van der Waals surface area contributed by atoms with Gasteiger partial charge in [-0.15, -0.1) is 0 Å². The third-order valence-electron chi connectivity index (χ3n) is 5.85. The van der Waals surface area contributed by atoms with E-state index in [1.807, 2.05) is 6.07 Å². The van der Waals surface area contributed by atoms with Gasteiger partial charge in [0.05, 0.1) is 14.2 Å². The molecule has 0 aliphatic carbocycles. The highest BCUT2D eigenvalue weighted by atomic mass is 16.5. The number of piperazine rings is 1. The predicted molar refractivity (Wildman–Crippen MR) is 112 cm³/mol. The zero-order valence-electron chi connectivity index (χ0n) is 16.8. The van der Waals surface area contributed by atoms with E-state index in [-0.39, 0.29) is 0 Å². The minimum absolute atomic E-state index is 0.869. The molecule has 0 unspecified atom stereocenters. The summed E-state index contributed by atoms with van der Waals surface area (Å²) in [7, 11) is 3.42. The molecule has 28 heavy (non-hydrogen) atoms. The van der Waals surface area contributed by atoms with E-state index < -0.39 is 0 Å². The third kappa shape index (κ3) is 4.29. The number of nitrogens with one attached hydrogen (secondary N) is 2. The standard InChI is InChI=1S/C24H28N2O2/c1-27-22-14-19(15-23(16-22)28-2)17-25-10-12-26(13-11-25)18-21-8-5-7-20-6-3-4-9-24(20)21/h3-9,14-16H,10-13,17-18H2,1-2H3/p+2. The SMILES string of the molecule is COc1cc(C[NH+]2CC[NH+](Cc3cccc4ccccc34)CC2)cc(OC)c1. The van der Waals surface area contributed by atoms with Crippen LogP contribution >= 0.6 is 0 Å². The van der Waals surface area contributed by atoms with Gasteiger partial charge < -0.3 is 19.3 Å². The molecule has 1 heterocycles. The largest absolute Gasteiger partial charge is 0.497 e. The van der Waals surface area contributed by atoms with Gasteiger partial charge in [-0.2, -0.15) is 0 Å². The molecule has 3 aromatic rings. The zero-order chi connectivity index (χ0) is 19.3. The molecule has 0 atom stereocenters. The Morgan fingerprint density at radius 1 is 0.714 bits per heavy atom. The fourth-order valence-electron chi connectivity index (χ4n) is 4.28. The third-order valence-corrected chi connectivity index (χ3v) is 5.85. The lowest BCUT2D eigenvalue weighted by Crippen LogP contribution is -3.27. The molecule has 0 spiro atoms. The molecule has 0 saturated carbocycles. The van der Waals surface area contributed by atoms with Crippen molar-refractivity contribution >= 4 is 10.8 Å². The summed E-state index contributed by atoms with van der Waals surface area (Å²) >= 11 is 0. The first kappa shape index (κ1) is 18.8. The van der Waals surface area contributed by atoms with E-state index in [1.54, 1.807) is 24.0 Å². The van der Waals surface area contributed by atoms with Gasteiger partial charge in [-0.25, -0.2) is 0 Å². The molecule has 0 bridgehead atoms. The number of benzene rings is 3. The average molecular weight is 379 g/mol. The lowest BCUT2D eigenvalue weighted by atomic mass is 10.0. The van der Waals surface area contributed by atoms with Crippen LogP contribution in [0.4, 0.5) is 0 Å². The summed E-state index contributed by atoms with van der Waals surface area (Å²) in [6.07, 6.45) is 0. The van der Waals surface area contributed by atoms with Crippen LogP contribution in [0.5, 0.6) is 11.5 Å². The Morgan fingerprint density at radius 3 is 2.00 bits per heavy atom. The van der Waals surface area contributed by atoms with Crippen molar-refractivity contribution in [3.63, 3.8) is 0 Å². The highest BCUT2D eigenvalue weighted by Gasteiger charge is 2.24. The van der Waals surface area contributed by atoms with Crippen molar-refractivity contribution < 1.29 is 19.3 Å². The molecule has 146 valence electrons. The average Bonchev–Trinajstić information content (AvgIpc) is 2.75. The summed E-state index contributed by atoms with van der Waals surface area (Å²) in [4.78, 5) is 3.32. The number of ether oxygens (including phenoxy) is 2. The van der Waals surface area contributed by atoms with E-state index in [0.29, 0.717) is 0 Å². The van der Waals surface area contributed by atoms with Gasteiger partial charge in [0, 0.05) is 17.2 Å². The maximum atomic E-state index is 5.41. The number of methoxy groups -OCH3 is 2. The van der Waals surface area contributed by atoms with Crippen LogP contribution in [0.1, 0.15) is 11.1 Å². The first-order valence-corrected chi connectivity index (χ1v) is 10.1. The molecule has 1 saturated heterocycles. The smallest absolute Gasteiger partial charge is 0.127 e. The van der Waals surface area contributed by atoms with Crippen molar-refractivity contribution in [2.24, 2.45) is 0 Å². The molecule has 3 aromatic carbocycles. The molecule has 1 fully saturated rings. The second-order valence-corrected chi connectivity index (χ2v) is 7.71. The Labute approximate surface area is 167 Å². The van der Waals surface area contributed by atoms with Crippen molar-refractivity contribution in [1.82, 2.24) is 0 Å². The van der Waals surface area contributed by atoms with E-state index in [4.69, 9.17) is 9.47 Å². The van der Waals surface area contributed by atoms with Gasteiger partial charge in [0.25, 0.3) is 0 Å². The summed E-state index contributed by atoms with van der Waals surface area (Å²) in [5.41, 5.74) is 2.75. The molecule has 4 rings (SSSR count). The lowest BCUT2D eigenvalue weighted by molar-refractivity contribution is -1.02. The lowest BCUT2D eigenvalue weighted by Gasteiger charge is -2.30. The zero-order valence-corrected chi connectivity index (χ0v) is 16.8. The maximum absolute atomic E-state index is 5.41. The van der Waals surface area contributed by atoms with Gasteiger partial charge in [-0.1, -0.05) is 42.5 Å². The van der Waals surface area contributed by atoms with Gasteiger partial charge in [-0.3, -0.25) is 0 Å². The number of rotatable bonds is 6. The Morgan fingerprint density at radius 2 is 1.32 bits per heavy atom. The quantitative estimate of drug-likeness (QED) is 0.677. The highest BCUT2D eigenvalue weighted by molar-refractivity contribution is 5.85. The highest BCUT2D eigenvalue weighted by Crippen LogP contribution is 2.22.